The third-order valence-electron chi connectivity index (χ3n) is 4.08. The van der Waals surface area contributed by atoms with E-state index in [1.165, 1.54) is 0 Å². The first-order valence-electron chi connectivity index (χ1n) is 8.18. The molecule has 3 rings (SSSR count). The van der Waals surface area contributed by atoms with Crippen molar-refractivity contribution in [2.75, 3.05) is 0 Å². The van der Waals surface area contributed by atoms with E-state index >= 15 is 0 Å². The van der Waals surface area contributed by atoms with Crippen molar-refractivity contribution in [2.45, 2.75) is 39.8 Å². The van der Waals surface area contributed by atoms with Gasteiger partial charge in [0.2, 0.25) is 0 Å². The van der Waals surface area contributed by atoms with Crippen molar-refractivity contribution in [1.82, 2.24) is 24.8 Å². The average molecular weight is 325 g/mol. The number of aliphatic hydroxyl groups is 1. The van der Waals surface area contributed by atoms with Crippen LogP contribution in [0, 0.1) is 6.92 Å². The Morgan fingerprint density at radius 2 is 2.04 bits per heavy atom. The van der Waals surface area contributed by atoms with E-state index in [9.17, 15) is 5.11 Å². The Morgan fingerprint density at radius 3 is 2.71 bits per heavy atom. The summed E-state index contributed by atoms with van der Waals surface area (Å²) in [5.41, 5.74) is 5.73. The van der Waals surface area contributed by atoms with Crippen molar-refractivity contribution in [3.63, 3.8) is 0 Å². The molecule has 0 bridgehead atoms. The first-order chi connectivity index (χ1) is 11.5. The maximum absolute atomic E-state index is 10.1. The summed E-state index contributed by atoms with van der Waals surface area (Å²) in [6, 6.07) is 6.06. The molecule has 0 aliphatic carbocycles. The van der Waals surface area contributed by atoms with Crippen LogP contribution in [0.2, 0.25) is 0 Å². The third-order valence-corrected chi connectivity index (χ3v) is 4.08. The maximum Gasteiger partial charge on any atom is 0.116 e. The summed E-state index contributed by atoms with van der Waals surface area (Å²) in [4.78, 5) is 1.58. The molecular weight excluding hydrogens is 302 g/mol. The van der Waals surface area contributed by atoms with Crippen molar-refractivity contribution in [2.24, 2.45) is 7.05 Å². The summed E-state index contributed by atoms with van der Waals surface area (Å²) in [5, 5.41) is 23.5. The van der Waals surface area contributed by atoms with Gasteiger partial charge >= 0.3 is 0 Å². The Bertz CT molecular complexity index is 847. The molecule has 0 radical (unpaired) electrons. The van der Waals surface area contributed by atoms with Crippen molar-refractivity contribution >= 4 is 0 Å². The highest BCUT2D eigenvalue weighted by Gasteiger charge is 2.18. The molecule has 0 aliphatic heterocycles. The fraction of sp³-hybridized carbons (Fsp3) is 0.389. The Hall–Kier alpha value is -2.47. The molecule has 0 saturated carbocycles. The second-order valence-corrected chi connectivity index (χ2v) is 6.13. The zero-order chi connectivity index (χ0) is 17.3. The SMILES string of the molecule is CCn1cc(Cc2nn(C)nc2-c2ccc(C)cc2[C@H](C)O)cn1. The van der Waals surface area contributed by atoms with Gasteiger partial charge in [-0.25, -0.2) is 0 Å². The zero-order valence-corrected chi connectivity index (χ0v) is 14.6. The number of rotatable bonds is 5. The lowest BCUT2D eigenvalue weighted by atomic mass is 9.96. The smallest absolute Gasteiger partial charge is 0.116 e. The second-order valence-electron chi connectivity index (χ2n) is 6.13. The van der Waals surface area contributed by atoms with Crippen LogP contribution in [0.15, 0.2) is 30.6 Å². The molecule has 0 aliphatic rings. The summed E-state index contributed by atoms with van der Waals surface area (Å²) in [6.45, 7) is 6.70. The van der Waals surface area contributed by atoms with Crippen molar-refractivity contribution in [3.8, 4) is 11.3 Å². The number of nitrogens with zero attached hydrogens (tertiary/aromatic N) is 5. The monoisotopic (exact) mass is 325 g/mol. The van der Waals surface area contributed by atoms with Gasteiger partial charge in [-0.3, -0.25) is 4.68 Å². The topological polar surface area (TPSA) is 68.8 Å². The number of aromatic nitrogens is 5. The van der Waals surface area contributed by atoms with E-state index in [4.69, 9.17) is 0 Å². The lowest BCUT2D eigenvalue weighted by Gasteiger charge is -2.12. The van der Waals surface area contributed by atoms with Crippen LogP contribution in [-0.2, 0) is 20.0 Å². The highest BCUT2D eigenvalue weighted by atomic mass is 16.3. The van der Waals surface area contributed by atoms with E-state index in [0.29, 0.717) is 6.42 Å². The number of hydrogen-bond acceptors (Lipinski definition) is 4. The minimum absolute atomic E-state index is 0.558. The van der Waals surface area contributed by atoms with Crippen LogP contribution in [0.4, 0.5) is 0 Å². The predicted molar refractivity (Wildman–Crippen MR) is 92.5 cm³/mol. The minimum Gasteiger partial charge on any atom is -0.389 e. The molecule has 0 fully saturated rings. The van der Waals surface area contributed by atoms with Crippen LogP contribution < -0.4 is 0 Å². The average Bonchev–Trinajstić information content (AvgIpc) is 3.14. The molecule has 3 aromatic rings. The molecule has 1 atom stereocenters. The molecule has 6 heteroatoms. The third kappa shape index (κ3) is 3.23. The number of benzene rings is 1. The first kappa shape index (κ1) is 16.4. The van der Waals surface area contributed by atoms with E-state index in [1.54, 1.807) is 11.7 Å². The Balaban J connectivity index is 2.03. The summed E-state index contributed by atoms with van der Waals surface area (Å²) in [6.07, 6.45) is 4.00. The molecule has 0 spiro atoms. The van der Waals surface area contributed by atoms with Crippen LogP contribution in [-0.4, -0.2) is 29.9 Å². The van der Waals surface area contributed by atoms with Gasteiger partial charge in [0.05, 0.1) is 18.0 Å². The van der Waals surface area contributed by atoms with E-state index in [1.807, 2.05) is 49.2 Å². The largest absolute Gasteiger partial charge is 0.389 e. The lowest BCUT2D eigenvalue weighted by Crippen LogP contribution is -1.99. The van der Waals surface area contributed by atoms with Gasteiger partial charge in [-0.1, -0.05) is 23.8 Å². The molecule has 2 heterocycles. The lowest BCUT2D eigenvalue weighted by molar-refractivity contribution is 0.200. The molecule has 1 aromatic carbocycles. The summed E-state index contributed by atoms with van der Waals surface area (Å²) in [7, 11) is 1.82. The molecule has 0 amide bonds. The van der Waals surface area contributed by atoms with Gasteiger partial charge in [0.1, 0.15) is 5.69 Å². The van der Waals surface area contributed by atoms with Gasteiger partial charge in [-0.2, -0.15) is 20.1 Å². The fourth-order valence-corrected chi connectivity index (χ4v) is 2.88. The normalized spacial score (nSPS) is 12.5. The van der Waals surface area contributed by atoms with Gasteiger partial charge < -0.3 is 5.11 Å². The first-order valence-corrected chi connectivity index (χ1v) is 8.18. The van der Waals surface area contributed by atoms with Crippen LogP contribution in [0.25, 0.3) is 11.3 Å². The standard InChI is InChI=1S/C18H23N5O/c1-5-23-11-14(10-19-23)9-17-18(21-22(4)20-17)15-7-6-12(2)8-16(15)13(3)24/h6-8,10-11,13,24H,5,9H2,1-4H3/t13-/m0/s1. The van der Waals surface area contributed by atoms with Crippen LogP contribution in [0.1, 0.15) is 42.3 Å². The Morgan fingerprint density at radius 1 is 1.25 bits per heavy atom. The van der Waals surface area contributed by atoms with Gasteiger partial charge in [0, 0.05) is 31.8 Å². The second kappa shape index (κ2) is 6.57. The molecule has 24 heavy (non-hydrogen) atoms. The quantitative estimate of drug-likeness (QED) is 0.783. The number of aliphatic hydroxyl groups excluding tert-OH is 1. The van der Waals surface area contributed by atoms with Crippen molar-refractivity contribution in [1.29, 1.82) is 0 Å². The molecule has 126 valence electrons. The van der Waals surface area contributed by atoms with Crippen molar-refractivity contribution < 1.29 is 5.11 Å². The van der Waals surface area contributed by atoms with Gasteiger partial charge in [0.15, 0.2) is 0 Å². The van der Waals surface area contributed by atoms with E-state index in [2.05, 4.69) is 22.2 Å². The predicted octanol–water partition coefficient (Wildman–Crippen LogP) is 2.65. The van der Waals surface area contributed by atoms with Crippen LogP contribution in [0.3, 0.4) is 0 Å². The van der Waals surface area contributed by atoms with Gasteiger partial charge in [-0.05, 0) is 31.9 Å². The van der Waals surface area contributed by atoms with E-state index < -0.39 is 6.10 Å². The van der Waals surface area contributed by atoms with E-state index in [0.717, 1.165) is 40.2 Å². The Kier molecular flexibility index (Phi) is 4.49. The molecule has 2 aromatic heterocycles. The fourth-order valence-electron chi connectivity index (χ4n) is 2.88. The maximum atomic E-state index is 10.1. The molecule has 0 unspecified atom stereocenters. The minimum atomic E-state index is -0.558. The molecular formula is C18H23N5O. The highest BCUT2D eigenvalue weighted by molar-refractivity contribution is 5.67. The van der Waals surface area contributed by atoms with E-state index in [-0.39, 0.29) is 0 Å². The van der Waals surface area contributed by atoms with Crippen LogP contribution in [0.5, 0.6) is 0 Å². The van der Waals surface area contributed by atoms with Crippen LogP contribution >= 0.6 is 0 Å². The molecule has 6 nitrogen and oxygen atoms in total. The van der Waals surface area contributed by atoms with Gasteiger partial charge in [0.25, 0.3) is 0 Å². The zero-order valence-electron chi connectivity index (χ0n) is 14.6. The summed E-state index contributed by atoms with van der Waals surface area (Å²) < 4.78 is 1.90. The number of aryl methyl sites for hydroxylation is 3. The van der Waals surface area contributed by atoms with Crippen molar-refractivity contribution in [3.05, 3.63) is 53.0 Å². The number of hydrogen-bond donors (Lipinski definition) is 1. The Labute approximate surface area is 141 Å². The highest BCUT2D eigenvalue weighted by Crippen LogP contribution is 2.30. The van der Waals surface area contributed by atoms with Gasteiger partial charge in [-0.15, -0.1) is 0 Å². The molecule has 1 N–H and O–H groups in total. The molecule has 0 saturated heterocycles. The summed E-state index contributed by atoms with van der Waals surface area (Å²) >= 11 is 0. The summed E-state index contributed by atoms with van der Waals surface area (Å²) in [5.74, 6) is 0.